The number of carbonyl (C=O) groups excluding carboxylic acids is 2. The zero-order valence-electron chi connectivity index (χ0n) is 14.3. The first kappa shape index (κ1) is 16.1. The number of nitrogens with one attached hydrogen (secondary N) is 2. The highest BCUT2D eigenvalue weighted by molar-refractivity contribution is 5.99. The number of rotatable bonds is 4. The lowest BCUT2D eigenvalue weighted by Gasteiger charge is -2.18. The van der Waals surface area contributed by atoms with Gasteiger partial charge in [-0.15, -0.1) is 0 Å². The smallest absolute Gasteiger partial charge is 0.262 e. The van der Waals surface area contributed by atoms with Gasteiger partial charge in [-0.1, -0.05) is 12.1 Å². The highest BCUT2D eigenvalue weighted by atomic mass is 16.5. The highest BCUT2D eigenvalue weighted by Crippen LogP contribution is 2.28. The molecule has 0 aliphatic carbocycles. The van der Waals surface area contributed by atoms with Crippen LogP contribution in [0.5, 0.6) is 5.75 Å². The largest absolute Gasteiger partial charge is 0.482 e. The molecule has 7 nitrogen and oxygen atoms in total. The van der Waals surface area contributed by atoms with Crippen LogP contribution in [-0.2, 0) is 17.9 Å². The van der Waals surface area contributed by atoms with E-state index >= 15 is 0 Å². The summed E-state index contributed by atoms with van der Waals surface area (Å²) in [5, 5.41) is 5.60. The van der Waals surface area contributed by atoms with E-state index in [2.05, 4.69) is 20.2 Å². The minimum atomic E-state index is -0.234. The average Bonchev–Trinajstić information content (AvgIpc) is 3.02. The molecular formula is C19H18N4O3. The van der Waals surface area contributed by atoms with Crippen molar-refractivity contribution < 1.29 is 14.3 Å². The molecule has 0 atom stereocenters. The molecule has 7 heteroatoms. The summed E-state index contributed by atoms with van der Waals surface area (Å²) in [4.78, 5) is 28.5. The number of anilines is 1. The summed E-state index contributed by atoms with van der Waals surface area (Å²) in [6.45, 7) is 3.13. The summed E-state index contributed by atoms with van der Waals surface area (Å²) in [5.41, 5.74) is 2.92. The predicted molar refractivity (Wildman–Crippen MR) is 97.1 cm³/mol. The number of imidazole rings is 1. The number of hydrogen-bond donors (Lipinski definition) is 2. The number of fused-ring (bicyclic) bond motifs is 2. The van der Waals surface area contributed by atoms with Crippen LogP contribution in [0.3, 0.4) is 0 Å². The van der Waals surface area contributed by atoms with Crippen molar-refractivity contribution in [3.8, 4) is 5.75 Å². The van der Waals surface area contributed by atoms with E-state index in [0.29, 0.717) is 23.5 Å². The summed E-state index contributed by atoms with van der Waals surface area (Å²) in [6, 6.07) is 12.9. The van der Waals surface area contributed by atoms with Gasteiger partial charge in [0.2, 0.25) is 0 Å². The summed E-state index contributed by atoms with van der Waals surface area (Å²) in [7, 11) is 0. The Morgan fingerprint density at radius 3 is 3.00 bits per heavy atom. The maximum absolute atomic E-state index is 12.5. The second kappa shape index (κ2) is 6.51. The van der Waals surface area contributed by atoms with Crippen LogP contribution in [0.25, 0.3) is 11.0 Å². The fraction of sp³-hybridized carbons (Fsp3) is 0.211. The number of hydrogen-bond acceptors (Lipinski definition) is 4. The van der Waals surface area contributed by atoms with Crippen molar-refractivity contribution in [2.75, 3.05) is 11.9 Å². The third kappa shape index (κ3) is 2.88. The van der Waals surface area contributed by atoms with Crippen LogP contribution in [0, 0.1) is 0 Å². The fourth-order valence-corrected chi connectivity index (χ4v) is 3.10. The molecule has 2 aromatic carbocycles. The van der Waals surface area contributed by atoms with Crippen molar-refractivity contribution >= 4 is 28.5 Å². The van der Waals surface area contributed by atoms with Crippen LogP contribution in [-0.4, -0.2) is 28.0 Å². The van der Waals surface area contributed by atoms with Gasteiger partial charge in [0.1, 0.15) is 11.6 Å². The normalized spacial score (nSPS) is 13.0. The van der Waals surface area contributed by atoms with Gasteiger partial charge in [0.15, 0.2) is 6.61 Å². The minimum absolute atomic E-state index is 0.00816. The number of aryl methyl sites for hydroxylation is 1. The molecule has 132 valence electrons. The molecule has 2 amide bonds. The van der Waals surface area contributed by atoms with Crippen LogP contribution >= 0.6 is 0 Å². The lowest BCUT2D eigenvalue weighted by molar-refractivity contribution is -0.118. The minimum Gasteiger partial charge on any atom is -0.482 e. The van der Waals surface area contributed by atoms with E-state index in [9.17, 15) is 9.59 Å². The van der Waals surface area contributed by atoms with E-state index in [0.717, 1.165) is 23.4 Å². The first-order chi connectivity index (χ1) is 12.7. The van der Waals surface area contributed by atoms with Gasteiger partial charge in [-0.05, 0) is 37.3 Å². The molecule has 0 radical (unpaired) electrons. The van der Waals surface area contributed by atoms with Gasteiger partial charge in [-0.25, -0.2) is 4.98 Å². The number of aromatic nitrogens is 2. The van der Waals surface area contributed by atoms with E-state index in [1.165, 1.54) is 0 Å². The van der Waals surface area contributed by atoms with Crippen molar-refractivity contribution in [3.05, 3.63) is 53.9 Å². The molecule has 4 rings (SSSR count). The molecule has 2 heterocycles. The first-order valence-electron chi connectivity index (χ1n) is 8.44. The standard InChI is InChI=1S/C19H18N4O3/c1-2-23-15-6-4-3-5-13(15)21-17(23)10-20-19(25)12-7-8-16-14(9-12)22-18(24)11-26-16/h3-9H,2,10-11H2,1H3,(H,20,25)(H,22,24). The lowest BCUT2D eigenvalue weighted by atomic mass is 10.1. The number of ether oxygens (including phenoxy) is 1. The molecule has 1 aliphatic heterocycles. The quantitative estimate of drug-likeness (QED) is 0.756. The van der Waals surface area contributed by atoms with Gasteiger partial charge in [0.25, 0.3) is 11.8 Å². The second-order valence-corrected chi connectivity index (χ2v) is 5.99. The molecule has 2 N–H and O–H groups in total. The van der Waals surface area contributed by atoms with E-state index < -0.39 is 0 Å². The van der Waals surface area contributed by atoms with Crippen LogP contribution in [0.4, 0.5) is 5.69 Å². The van der Waals surface area contributed by atoms with Gasteiger partial charge >= 0.3 is 0 Å². The Morgan fingerprint density at radius 1 is 1.31 bits per heavy atom. The topological polar surface area (TPSA) is 85.2 Å². The Kier molecular flexibility index (Phi) is 4.04. The third-order valence-electron chi connectivity index (χ3n) is 4.33. The molecular weight excluding hydrogens is 332 g/mol. The molecule has 1 aliphatic rings. The average molecular weight is 350 g/mol. The monoisotopic (exact) mass is 350 g/mol. The van der Waals surface area contributed by atoms with Crippen molar-refractivity contribution in [2.24, 2.45) is 0 Å². The Labute approximate surface area is 150 Å². The van der Waals surface area contributed by atoms with Crippen LogP contribution in [0.1, 0.15) is 23.1 Å². The Morgan fingerprint density at radius 2 is 2.15 bits per heavy atom. The molecule has 26 heavy (non-hydrogen) atoms. The summed E-state index contributed by atoms with van der Waals surface area (Å²) < 4.78 is 7.39. The maximum Gasteiger partial charge on any atom is 0.262 e. The molecule has 1 aromatic heterocycles. The molecule has 3 aromatic rings. The number of carbonyl (C=O) groups is 2. The molecule has 0 saturated heterocycles. The van der Waals surface area contributed by atoms with Gasteiger partial charge in [0, 0.05) is 12.1 Å². The van der Waals surface area contributed by atoms with E-state index in [-0.39, 0.29) is 18.4 Å². The van der Waals surface area contributed by atoms with Gasteiger partial charge in [-0.3, -0.25) is 9.59 Å². The summed E-state index contributed by atoms with van der Waals surface area (Å²) in [6.07, 6.45) is 0. The third-order valence-corrected chi connectivity index (χ3v) is 4.33. The Balaban J connectivity index is 1.53. The van der Waals surface area contributed by atoms with E-state index in [1.807, 2.05) is 31.2 Å². The molecule has 0 spiro atoms. The SMILES string of the molecule is CCn1c(CNC(=O)c2ccc3c(c2)NC(=O)CO3)nc2ccccc21. The molecule has 0 fully saturated rings. The number of amides is 2. The van der Waals surface area contributed by atoms with Crippen molar-refractivity contribution in [3.63, 3.8) is 0 Å². The summed E-state index contributed by atoms with van der Waals surface area (Å²) >= 11 is 0. The zero-order valence-corrected chi connectivity index (χ0v) is 14.3. The summed E-state index contributed by atoms with van der Waals surface area (Å²) in [5.74, 6) is 0.902. The maximum atomic E-state index is 12.5. The highest BCUT2D eigenvalue weighted by Gasteiger charge is 2.18. The van der Waals surface area contributed by atoms with Crippen LogP contribution in [0.15, 0.2) is 42.5 Å². The second-order valence-electron chi connectivity index (χ2n) is 5.99. The molecule has 0 saturated carbocycles. The van der Waals surface area contributed by atoms with Gasteiger partial charge < -0.3 is 19.9 Å². The van der Waals surface area contributed by atoms with Crippen molar-refractivity contribution in [1.29, 1.82) is 0 Å². The van der Waals surface area contributed by atoms with Crippen LogP contribution < -0.4 is 15.4 Å². The zero-order chi connectivity index (χ0) is 18.1. The van der Waals surface area contributed by atoms with Gasteiger partial charge in [0.05, 0.1) is 23.3 Å². The lowest BCUT2D eigenvalue weighted by Crippen LogP contribution is -2.27. The van der Waals surface area contributed by atoms with Crippen LogP contribution in [0.2, 0.25) is 0 Å². The van der Waals surface area contributed by atoms with Crippen molar-refractivity contribution in [1.82, 2.24) is 14.9 Å². The first-order valence-corrected chi connectivity index (χ1v) is 8.44. The Hall–Kier alpha value is -3.35. The number of benzene rings is 2. The Bertz CT molecular complexity index is 1010. The van der Waals surface area contributed by atoms with E-state index in [4.69, 9.17) is 4.74 Å². The number of nitrogens with zero attached hydrogens (tertiary/aromatic N) is 2. The molecule has 0 unspecified atom stereocenters. The van der Waals surface area contributed by atoms with E-state index in [1.54, 1.807) is 18.2 Å². The predicted octanol–water partition coefficient (Wildman–Crippen LogP) is 2.32. The van der Waals surface area contributed by atoms with Gasteiger partial charge in [-0.2, -0.15) is 0 Å². The number of para-hydroxylation sites is 2. The van der Waals surface area contributed by atoms with Crippen molar-refractivity contribution in [2.45, 2.75) is 20.0 Å². The molecule has 0 bridgehead atoms. The fourth-order valence-electron chi connectivity index (χ4n) is 3.10.